The van der Waals surface area contributed by atoms with Crippen molar-refractivity contribution in [3.8, 4) is 22.8 Å². The zero-order valence-corrected chi connectivity index (χ0v) is 9.10. The predicted octanol–water partition coefficient (Wildman–Crippen LogP) is 1.96. The number of rotatable bonds is 3. The first-order valence-corrected chi connectivity index (χ1v) is 4.78. The van der Waals surface area contributed by atoms with Crippen molar-refractivity contribution in [1.29, 1.82) is 0 Å². The summed E-state index contributed by atoms with van der Waals surface area (Å²) in [6, 6.07) is 9.16. The average Bonchev–Trinajstić information content (AvgIpc) is 2.38. The zero-order valence-electron chi connectivity index (χ0n) is 9.10. The van der Waals surface area contributed by atoms with E-state index in [-0.39, 0.29) is 0 Å². The molecule has 2 aromatic rings. The van der Waals surface area contributed by atoms with Crippen molar-refractivity contribution < 1.29 is 9.47 Å². The van der Waals surface area contributed by atoms with Gasteiger partial charge in [-0.3, -0.25) is 0 Å². The van der Waals surface area contributed by atoms with Crippen LogP contribution in [0.4, 0.5) is 0 Å². The van der Waals surface area contributed by atoms with Crippen LogP contribution in [0.3, 0.4) is 0 Å². The normalized spacial score (nSPS) is 9.88. The third-order valence-electron chi connectivity index (χ3n) is 2.21. The van der Waals surface area contributed by atoms with Crippen molar-refractivity contribution in [2.75, 3.05) is 14.2 Å². The van der Waals surface area contributed by atoms with Gasteiger partial charge in [0.2, 0.25) is 0 Å². The molecule has 0 unspecified atom stereocenters. The van der Waals surface area contributed by atoms with Crippen LogP contribution in [-0.2, 0) is 0 Å². The van der Waals surface area contributed by atoms with Gasteiger partial charge in [-0.1, -0.05) is 6.07 Å². The Bertz CT molecular complexity index is 472. The molecule has 4 heteroatoms. The van der Waals surface area contributed by atoms with Gasteiger partial charge in [-0.15, -0.1) is 10.2 Å². The maximum Gasteiger partial charge on any atom is 0.170 e. The lowest BCUT2D eigenvalue weighted by molar-refractivity contribution is 0.356. The molecule has 0 aliphatic rings. The maximum absolute atomic E-state index is 5.32. The number of methoxy groups -OCH3 is 2. The van der Waals surface area contributed by atoms with E-state index in [9.17, 15) is 0 Å². The Hall–Kier alpha value is -2.10. The lowest BCUT2D eigenvalue weighted by Gasteiger charge is -2.11. The fraction of sp³-hybridized carbons (Fsp3) is 0.167. The number of nitrogens with zero attached hydrogens (tertiary/aromatic N) is 2. The number of aromatic nitrogens is 2. The van der Waals surface area contributed by atoms with E-state index in [1.165, 1.54) is 0 Å². The molecule has 0 N–H and O–H groups in total. The van der Waals surface area contributed by atoms with Crippen molar-refractivity contribution in [3.05, 3.63) is 36.5 Å². The molecule has 0 aliphatic heterocycles. The Balaban J connectivity index is 2.57. The van der Waals surface area contributed by atoms with E-state index in [4.69, 9.17) is 9.47 Å². The third kappa shape index (κ3) is 1.82. The Morgan fingerprint density at radius 3 is 2.62 bits per heavy atom. The zero-order chi connectivity index (χ0) is 11.4. The molecule has 0 amide bonds. The predicted molar refractivity (Wildman–Crippen MR) is 59.4 cm³/mol. The monoisotopic (exact) mass is 215 g/mol. The van der Waals surface area contributed by atoms with Crippen molar-refractivity contribution >= 4 is 0 Å². The molecular formula is C12H11N2O2. The molecule has 0 spiro atoms. The van der Waals surface area contributed by atoms with Gasteiger partial charge >= 0.3 is 0 Å². The molecule has 0 saturated heterocycles. The second-order valence-corrected chi connectivity index (χ2v) is 3.09. The standard InChI is InChI=1S/C12H11N2O2/c1-15-11-7-3-5-9(12(11)16-2)10-6-4-8-13-14-10/h3-7H,1-2H3. The molecule has 1 aromatic heterocycles. The molecule has 1 aromatic carbocycles. The molecule has 0 saturated carbocycles. The van der Waals surface area contributed by atoms with E-state index in [2.05, 4.69) is 16.4 Å². The molecule has 1 radical (unpaired) electrons. The van der Waals surface area contributed by atoms with Crippen LogP contribution in [0.2, 0.25) is 0 Å². The summed E-state index contributed by atoms with van der Waals surface area (Å²) in [6.07, 6.45) is 2.64. The highest BCUT2D eigenvalue weighted by Crippen LogP contribution is 2.36. The molecule has 1 heterocycles. The van der Waals surface area contributed by atoms with Gasteiger partial charge in [-0.25, -0.2) is 0 Å². The lowest BCUT2D eigenvalue weighted by atomic mass is 10.1. The summed E-state index contributed by atoms with van der Waals surface area (Å²) in [5.74, 6) is 1.33. The fourth-order valence-corrected chi connectivity index (χ4v) is 1.50. The maximum atomic E-state index is 5.32. The van der Waals surface area contributed by atoms with Gasteiger partial charge < -0.3 is 9.47 Å². The first kappa shape index (κ1) is 10.4. The van der Waals surface area contributed by atoms with E-state index < -0.39 is 0 Å². The summed E-state index contributed by atoms with van der Waals surface area (Å²) in [4.78, 5) is 0. The quantitative estimate of drug-likeness (QED) is 0.785. The second kappa shape index (κ2) is 4.61. The number of benzene rings is 1. The van der Waals surface area contributed by atoms with Gasteiger partial charge in [0.1, 0.15) is 6.20 Å². The van der Waals surface area contributed by atoms with E-state index in [1.54, 1.807) is 20.3 Å². The van der Waals surface area contributed by atoms with Gasteiger partial charge in [0, 0.05) is 5.56 Å². The van der Waals surface area contributed by atoms with E-state index in [1.807, 2.05) is 24.3 Å². The number of para-hydroxylation sites is 1. The van der Waals surface area contributed by atoms with Crippen molar-refractivity contribution in [3.63, 3.8) is 0 Å². The van der Waals surface area contributed by atoms with Crippen LogP contribution in [0.25, 0.3) is 11.3 Å². The van der Waals surface area contributed by atoms with Crippen LogP contribution in [0.15, 0.2) is 30.3 Å². The Morgan fingerprint density at radius 1 is 1.12 bits per heavy atom. The second-order valence-electron chi connectivity index (χ2n) is 3.09. The smallest absolute Gasteiger partial charge is 0.170 e. The largest absolute Gasteiger partial charge is 0.493 e. The van der Waals surface area contributed by atoms with E-state index in [0.717, 1.165) is 11.3 Å². The highest BCUT2D eigenvalue weighted by atomic mass is 16.5. The van der Waals surface area contributed by atoms with Crippen LogP contribution in [0.1, 0.15) is 0 Å². The topological polar surface area (TPSA) is 44.2 Å². The van der Waals surface area contributed by atoms with Gasteiger partial charge in [0.05, 0.1) is 19.9 Å². The SMILES string of the molecule is COc1cccc(-c2cc[c]nn2)c1OC. The third-order valence-corrected chi connectivity index (χ3v) is 2.21. The van der Waals surface area contributed by atoms with Crippen molar-refractivity contribution in [1.82, 2.24) is 10.2 Å². The lowest BCUT2D eigenvalue weighted by Crippen LogP contribution is -1.94. The van der Waals surface area contributed by atoms with Gasteiger partial charge in [-0.05, 0) is 24.3 Å². The van der Waals surface area contributed by atoms with Crippen LogP contribution in [-0.4, -0.2) is 24.4 Å². The molecule has 81 valence electrons. The molecule has 0 bridgehead atoms. The minimum atomic E-state index is 0.658. The van der Waals surface area contributed by atoms with Crippen LogP contribution in [0.5, 0.6) is 11.5 Å². The van der Waals surface area contributed by atoms with Crippen LogP contribution in [0, 0.1) is 6.20 Å². The minimum absolute atomic E-state index is 0.658. The molecule has 16 heavy (non-hydrogen) atoms. The van der Waals surface area contributed by atoms with Gasteiger partial charge in [0.25, 0.3) is 0 Å². The van der Waals surface area contributed by atoms with Crippen LogP contribution >= 0.6 is 0 Å². The molecule has 0 atom stereocenters. The molecule has 0 fully saturated rings. The highest BCUT2D eigenvalue weighted by molar-refractivity contribution is 5.70. The Labute approximate surface area is 93.9 Å². The fourth-order valence-electron chi connectivity index (χ4n) is 1.50. The van der Waals surface area contributed by atoms with Crippen molar-refractivity contribution in [2.45, 2.75) is 0 Å². The molecule has 0 aliphatic carbocycles. The van der Waals surface area contributed by atoms with E-state index in [0.29, 0.717) is 11.5 Å². The summed E-state index contributed by atoms with van der Waals surface area (Å²) in [6.45, 7) is 0. The van der Waals surface area contributed by atoms with Gasteiger partial charge in [0.15, 0.2) is 11.5 Å². The van der Waals surface area contributed by atoms with Crippen molar-refractivity contribution in [2.24, 2.45) is 0 Å². The summed E-state index contributed by atoms with van der Waals surface area (Å²) in [7, 11) is 3.20. The number of ether oxygens (including phenoxy) is 2. The first-order chi connectivity index (χ1) is 7.86. The first-order valence-electron chi connectivity index (χ1n) is 4.78. The molecule has 2 rings (SSSR count). The Kier molecular flexibility index (Phi) is 3.00. The highest BCUT2D eigenvalue weighted by Gasteiger charge is 2.11. The van der Waals surface area contributed by atoms with Gasteiger partial charge in [-0.2, -0.15) is 0 Å². The summed E-state index contributed by atoms with van der Waals surface area (Å²) in [5.41, 5.74) is 1.58. The summed E-state index contributed by atoms with van der Waals surface area (Å²) in [5, 5.41) is 7.71. The molecular weight excluding hydrogens is 204 g/mol. The van der Waals surface area contributed by atoms with E-state index >= 15 is 0 Å². The number of hydrogen-bond acceptors (Lipinski definition) is 4. The molecule has 4 nitrogen and oxygen atoms in total. The number of hydrogen-bond donors (Lipinski definition) is 0. The average molecular weight is 215 g/mol. The minimum Gasteiger partial charge on any atom is -0.493 e. The van der Waals surface area contributed by atoms with Crippen LogP contribution < -0.4 is 9.47 Å². The summed E-state index contributed by atoms with van der Waals surface area (Å²) >= 11 is 0. The Morgan fingerprint density at radius 2 is 2.00 bits per heavy atom. The summed E-state index contributed by atoms with van der Waals surface area (Å²) < 4.78 is 10.5.